The van der Waals surface area contributed by atoms with Gasteiger partial charge in [0.2, 0.25) is 0 Å². The summed E-state index contributed by atoms with van der Waals surface area (Å²) in [6.45, 7) is 7.40. The van der Waals surface area contributed by atoms with Crippen molar-refractivity contribution in [2.45, 2.75) is 63.6 Å². The topological polar surface area (TPSA) is 148 Å². The molecule has 0 spiro atoms. The van der Waals surface area contributed by atoms with Crippen molar-refractivity contribution in [1.29, 1.82) is 0 Å². The molecule has 0 aliphatic rings. The van der Waals surface area contributed by atoms with Crippen LogP contribution in [0.15, 0.2) is 135 Å². The molecule has 4 aromatic carbocycles. The van der Waals surface area contributed by atoms with Crippen LogP contribution in [0.4, 0.5) is 9.59 Å². The predicted molar refractivity (Wildman–Crippen MR) is 265 cm³/mol. The second-order valence-corrected chi connectivity index (χ2v) is 17.3. The minimum atomic E-state index is -0.596. The molecule has 0 fully saturated rings. The number of esters is 2. The predicted octanol–water partition coefficient (Wildman–Crippen LogP) is 10.7. The van der Waals surface area contributed by atoms with Crippen molar-refractivity contribution in [2.24, 2.45) is 0 Å². The minimum Gasteiger partial charge on any atom is -0.489 e. The van der Waals surface area contributed by atoms with E-state index in [0.717, 1.165) is 71.6 Å². The molecule has 0 bridgehead atoms. The Kier molecular flexibility index (Phi) is 26.2. The van der Waals surface area contributed by atoms with Crippen LogP contribution in [0.25, 0.3) is 22.3 Å². The highest BCUT2D eigenvalue weighted by Gasteiger charge is 2.19. The van der Waals surface area contributed by atoms with E-state index in [0.29, 0.717) is 23.0 Å². The van der Waals surface area contributed by atoms with Crippen LogP contribution in [0, 0.1) is 0 Å². The highest BCUT2D eigenvalue weighted by atomic mass is 32.2. The number of hydrogen-bond acceptors (Lipinski definition) is 12. The van der Waals surface area contributed by atoms with E-state index in [1.165, 1.54) is 25.7 Å². The van der Waals surface area contributed by atoms with Crippen LogP contribution in [-0.4, -0.2) is 98.9 Å². The molecule has 2 unspecified atom stereocenters. The molecule has 66 heavy (non-hydrogen) atoms. The second kappa shape index (κ2) is 32.7. The minimum absolute atomic E-state index is 0.0170. The number of unbranched alkanes of at least 4 members (excludes halogenated alkanes) is 7. The lowest BCUT2D eigenvalue weighted by molar-refractivity contribution is -0.138. The lowest BCUT2D eigenvalue weighted by Crippen LogP contribution is -2.35. The molecular formula is C52H64N2O10S2. The van der Waals surface area contributed by atoms with Gasteiger partial charge in [0.25, 0.3) is 0 Å². The summed E-state index contributed by atoms with van der Waals surface area (Å²) in [5, 5.41) is 5.28. The first-order valence-corrected chi connectivity index (χ1v) is 24.8. The van der Waals surface area contributed by atoms with Crippen LogP contribution < -0.4 is 20.1 Å². The van der Waals surface area contributed by atoms with E-state index >= 15 is 0 Å². The van der Waals surface area contributed by atoms with Gasteiger partial charge in [-0.25, -0.2) is 19.2 Å². The van der Waals surface area contributed by atoms with Gasteiger partial charge in [0.05, 0.1) is 13.1 Å². The van der Waals surface area contributed by atoms with Crippen molar-refractivity contribution in [3.8, 4) is 33.8 Å². The van der Waals surface area contributed by atoms with Crippen molar-refractivity contribution >= 4 is 47.6 Å². The highest BCUT2D eigenvalue weighted by Crippen LogP contribution is 2.31. The zero-order chi connectivity index (χ0) is 46.9. The lowest BCUT2D eigenvalue weighted by Gasteiger charge is -2.20. The van der Waals surface area contributed by atoms with Crippen molar-refractivity contribution in [3.05, 3.63) is 135 Å². The number of carbonyl (C=O) groups excluding carboxylic acids is 4. The third-order valence-electron chi connectivity index (χ3n) is 9.84. The summed E-state index contributed by atoms with van der Waals surface area (Å²) in [5.41, 5.74) is 3.99. The van der Waals surface area contributed by atoms with Gasteiger partial charge in [-0.2, -0.15) is 23.5 Å². The average Bonchev–Trinajstić information content (AvgIpc) is 3.35. The normalized spacial score (nSPS) is 11.6. The molecule has 2 amide bonds. The van der Waals surface area contributed by atoms with Crippen molar-refractivity contribution in [2.75, 3.05) is 62.5 Å². The number of alkyl carbamates (subject to hydrolysis) is 2. The first kappa shape index (κ1) is 52.8. The van der Waals surface area contributed by atoms with Gasteiger partial charge in [0, 0.05) is 34.8 Å². The third-order valence-corrected chi connectivity index (χ3v) is 12.2. The van der Waals surface area contributed by atoms with Gasteiger partial charge >= 0.3 is 24.1 Å². The summed E-state index contributed by atoms with van der Waals surface area (Å²) in [4.78, 5) is 47.9. The number of rotatable bonds is 33. The molecule has 0 aliphatic carbocycles. The molecule has 2 atom stereocenters. The van der Waals surface area contributed by atoms with Gasteiger partial charge in [-0.3, -0.25) is 0 Å². The molecular weight excluding hydrogens is 877 g/mol. The summed E-state index contributed by atoms with van der Waals surface area (Å²) in [5.74, 6) is 3.36. The smallest absolute Gasteiger partial charge is 0.407 e. The van der Waals surface area contributed by atoms with E-state index in [9.17, 15) is 19.2 Å². The Morgan fingerprint density at radius 3 is 1.26 bits per heavy atom. The summed E-state index contributed by atoms with van der Waals surface area (Å²) in [6.07, 6.45) is 9.06. The Morgan fingerprint density at radius 1 is 0.500 bits per heavy atom. The molecule has 4 aromatic rings. The van der Waals surface area contributed by atoms with Gasteiger partial charge in [-0.15, -0.1) is 0 Å². The van der Waals surface area contributed by atoms with Gasteiger partial charge in [0.1, 0.15) is 50.1 Å². The fourth-order valence-corrected chi connectivity index (χ4v) is 8.51. The van der Waals surface area contributed by atoms with Crippen LogP contribution in [-0.2, 0) is 28.5 Å². The molecule has 4 rings (SSSR count). The number of benzene rings is 4. The quantitative estimate of drug-likeness (QED) is 0.0203. The Labute approximate surface area is 398 Å². The van der Waals surface area contributed by atoms with Crippen molar-refractivity contribution in [1.82, 2.24) is 10.6 Å². The number of para-hydroxylation sites is 2. The Hall–Kier alpha value is -5.86. The maximum absolute atomic E-state index is 12.6. The molecule has 0 radical (unpaired) electrons. The molecule has 0 aromatic heterocycles. The molecule has 12 nitrogen and oxygen atoms in total. The molecule has 2 N–H and O–H groups in total. The summed E-state index contributed by atoms with van der Waals surface area (Å²) < 4.78 is 33.9. The number of amides is 2. The largest absolute Gasteiger partial charge is 0.489 e. The number of thioether (sulfide) groups is 2. The molecule has 14 heteroatoms. The summed E-state index contributed by atoms with van der Waals surface area (Å²) >= 11 is 3.48. The first-order valence-electron chi connectivity index (χ1n) is 22.5. The van der Waals surface area contributed by atoms with Crippen LogP contribution in [0.1, 0.15) is 51.4 Å². The number of ether oxygens (including phenoxy) is 6. The first-order chi connectivity index (χ1) is 32.4. The fourth-order valence-electron chi connectivity index (χ4n) is 6.51. The zero-order valence-corrected chi connectivity index (χ0v) is 39.4. The molecule has 0 heterocycles. The summed E-state index contributed by atoms with van der Waals surface area (Å²) in [6, 6.07) is 35.6. The Morgan fingerprint density at radius 2 is 0.864 bits per heavy atom. The van der Waals surface area contributed by atoms with Crippen LogP contribution >= 0.6 is 23.5 Å². The Bertz CT molecular complexity index is 1890. The van der Waals surface area contributed by atoms with E-state index in [-0.39, 0.29) is 39.5 Å². The summed E-state index contributed by atoms with van der Waals surface area (Å²) in [7, 11) is 0. The van der Waals surface area contributed by atoms with E-state index in [1.807, 2.05) is 109 Å². The van der Waals surface area contributed by atoms with Gasteiger partial charge in [-0.1, -0.05) is 149 Å². The van der Waals surface area contributed by atoms with E-state index in [2.05, 4.69) is 23.8 Å². The molecule has 0 aliphatic heterocycles. The Balaban J connectivity index is 1.11. The van der Waals surface area contributed by atoms with E-state index in [1.54, 1.807) is 23.5 Å². The molecule has 0 saturated heterocycles. The third kappa shape index (κ3) is 21.9. The zero-order valence-electron chi connectivity index (χ0n) is 37.7. The maximum atomic E-state index is 12.6. The standard InChI is InChI=1S/C52H64N2O10S2/c1-3-49(55)59-33-31-53-51(57)63-43(37-61-47-29-19-17-27-45(47)41-23-13-11-14-24-41)39-65-35-21-9-7-5-6-8-10-22-36-66-40-44(64-52(58)54-32-34-60-50(56)4-2)38-62-48-30-20-18-28-46(48)42-25-15-12-16-26-42/h3-4,11-20,23-30,43-44H,1-2,5-10,21-22,31-40H2,(H,53,57)(H,54,58). The van der Waals surface area contributed by atoms with Gasteiger partial charge in [-0.05, 0) is 47.6 Å². The monoisotopic (exact) mass is 940 g/mol. The van der Waals surface area contributed by atoms with E-state index in [4.69, 9.17) is 28.4 Å². The SMILES string of the molecule is C=CC(=O)OCCNC(=O)OC(COc1ccccc1-c1ccccc1)CSCCCCCCCCCCSCC(COc1ccccc1-c1ccccc1)OC(=O)NCCOC(=O)C=C. The maximum Gasteiger partial charge on any atom is 0.407 e. The second-order valence-electron chi connectivity index (χ2n) is 15.0. The van der Waals surface area contributed by atoms with Gasteiger partial charge in [0.15, 0.2) is 0 Å². The lowest BCUT2D eigenvalue weighted by atomic mass is 10.1. The number of hydrogen-bond donors (Lipinski definition) is 2. The van der Waals surface area contributed by atoms with E-state index < -0.39 is 36.3 Å². The molecule has 354 valence electrons. The van der Waals surface area contributed by atoms with Crippen molar-refractivity contribution in [3.63, 3.8) is 0 Å². The fraction of sp³-hybridized carbons (Fsp3) is 0.385. The highest BCUT2D eigenvalue weighted by molar-refractivity contribution is 7.99. The average molecular weight is 941 g/mol. The van der Waals surface area contributed by atoms with Crippen LogP contribution in [0.2, 0.25) is 0 Å². The van der Waals surface area contributed by atoms with Crippen molar-refractivity contribution < 1.29 is 47.6 Å². The molecule has 0 saturated carbocycles. The van der Waals surface area contributed by atoms with Gasteiger partial charge < -0.3 is 39.1 Å². The van der Waals surface area contributed by atoms with Crippen LogP contribution in [0.5, 0.6) is 11.5 Å². The number of nitrogens with one attached hydrogen (secondary N) is 2. The van der Waals surface area contributed by atoms with Crippen LogP contribution in [0.3, 0.4) is 0 Å². The number of carbonyl (C=O) groups is 4.